The van der Waals surface area contributed by atoms with Crippen molar-refractivity contribution >= 4 is 23.2 Å². The highest BCUT2D eigenvalue weighted by molar-refractivity contribution is 6.02. The van der Waals surface area contributed by atoms with Crippen LogP contribution in [-0.2, 0) is 9.53 Å². The maximum atomic E-state index is 12.1. The summed E-state index contributed by atoms with van der Waals surface area (Å²) in [6.45, 7) is 2.18. The van der Waals surface area contributed by atoms with Crippen LogP contribution in [0.3, 0.4) is 0 Å². The summed E-state index contributed by atoms with van der Waals surface area (Å²) in [5.41, 5.74) is 3.08. The fourth-order valence-corrected chi connectivity index (χ4v) is 3.25. The number of rotatable bonds is 6. The smallest absolute Gasteiger partial charge is 0.307 e. The van der Waals surface area contributed by atoms with E-state index in [4.69, 9.17) is 9.73 Å². The summed E-state index contributed by atoms with van der Waals surface area (Å²) in [6.07, 6.45) is 3.35. The number of aliphatic imine (C=N–C) groups is 1. The Morgan fingerprint density at radius 2 is 1.84 bits per heavy atom. The standard InChI is InChI=1S/C21H24N2O2/c1-3-4-14-20-22-18-13-9-8-12-17(18)19(15-21(24)25-2)23(20)16-10-6-5-7-11-16/h5-13,19H,3-4,14-15H2,1-2H3. The van der Waals surface area contributed by atoms with Gasteiger partial charge < -0.3 is 9.64 Å². The van der Waals surface area contributed by atoms with Gasteiger partial charge in [-0.2, -0.15) is 0 Å². The van der Waals surface area contributed by atoms with Gasteiger partial charge in [0.1, 0.15) is 5.84 Å². The molecular weight excluding hydrogens is 312 g/mol. The van der Waals surface area contributed by atoms with E-state index in [0.29, 0.717) is 6.42 Å². The number of carbonyl (C=O) groups excluding carboxylic acids is 1. The molecule has 1 aliphatic heterocycles. The van der Waals surface area contributed by atoms with E-state index in [9.17, 15) is 4.79 Å². The van der Waals surface area contributed by atoms with Crippen LogP contribution in [0.4, 0.5) is 11.4 Å². The molecule has 130 valence electrons. The Balaban J connectivity index is 2.09. The summed E-state index contributed by atoms with van der Waals surface area (Å²) >= 11 is 0. The number of para-hydroxylation sites is 2. The zero-order valence-electron chi connectivity index (χ0n) is 14.8. The Bertz CT molecular complexity index is 756. The molecule has 0 fully saturated rings. The number of benzene rings is 2. The molecule has 0 N–H and O–H groups in total. The van der Waals surface area contributed by atoms with Crippen molar-refractivity contribution in [3.63, 3.8) is 0 Å². The molecule has 0 radical (unpaired) electrons. The molecule has 4 heteroatoms. The number of carbonyl (C=O) groups is 1. The normalized spacial score (nSPS) is 16.2. The summed E-state index contributed by atoms with van der Waals surface area (Å²) < 4.78 is 4.96. The molecule has 3 rings (SSSR count). The number of hydrogen-bond donors (Lipinski definition) is 0. The number of methoxy groups -OCH3 is 1. The lowest BCUT2D eigenvalue weighted by molar-refractivity contribution is -0.141. The predicted molar refractivity (Wildman–Crippen MR) is 101 cm³/mol. The highest BCUT2D eigenvalue weighted by Crippen LogP contribution is 2.40. The lowest BCUT2D eigenvalue weighted by atomic mass is 9.96. The van der Waals surface area contributed by atoms with Gasteiger partial charge in [-0.25, -0.2) is 4.99 Å². The first-order valence-corrected chi connectivity index (χ1v) is 8.82. The van der Waals surface area contributed by atoms with Crippen LogP contribution in [0, 0.1) is 0 Å². The molecule has 0 saturated carbocycles. The van der Waals surface area contributed by atoms with Gasteiger partial charge in [0.15, 0.2) is 0 Å². The van der Waals surface area contributed by atoms with Crippen LogP contribution in [0.2, 0.25) is 0 Å². The van der Waals surface area contributed by atoms with Crippen molar-refractivity contribution in [1.29, 1.82) is 0 Å². The predicted octanol–water partition coefficient (Wildman–Crippen LogP) is 5.03. The van der Waals surface area contributed by atoms with Crippen LogP contribution >= 0.6 is 0 Å². The first-order chi connectivity index (χ1) is 12.2. The third-order valence-electron chi connectivity index (χ3n) is 4.51. The van der Waals surface area contributed by atoms with Crippen molar-refractivity contribution in [2.45, 2.75) is 38.6 Å². The second-order valence-corrected chi connectivity index (χ2v) is 6.19. The van der Waals surface area contributed by atoms with Crippen molar-refractivity contribution in [3.8, 4) is 0 Å². The largest absolute Gasteiger partial charge is 0.469 e. The van der Waals surface area contributed by atoms with Gasteiger partial charge in [-0.15, -0.1) is 0 Å². The van der Waals surface area contributed by atoms with Gasteiger partial charge in [0, 0.05) is 17.7 Å². The van der Waals surface area contributed by atoms with E-state index >= 15 is 0 Å². The second kappa shape index (κ2) is 7.97. The molecule has 4 nitrogen and oxygen atoms in total. The molecule has 0 spiro atoms. The third kappa shape index (κ3) is 3.73. The molecule has 1 aliphatic rings. The van der Waals surface area contributed by atoms with Crippen molar-refractivity contribution < 1.29 is 9.53 Å². The quantitative estimate of drug-likeness (QED) is 0.695. The number of hydrogen-bond acceptors (Lipinski definition) is 4. The van der Waals surface area contributed by atoms with Crippen LogP contribution in [-0.4, -0.2) is 18.9 Å². The number of nitrogens with zero attached hydrogens (tertiary/aromatic N) is 2. The van der Waals surface area contributed by atoms with Gasteiger partial charge in [-0.3, -0.25) is 4.79 Å². The SMILES string of the molecule is CCCCC1=Nc2ccccc2C(CC(=O)OC)N1c1ccccc1. The highest BCUT2D eigenvalue weighted by Gasteiger charge is 2.32. The molecule has 1 heterocycles. The Hall–Kier alpha value is -2.62. The molecule has 1 unspecified atom stereocenters. The topological polar surface area (TPSA) is 41.9 Å². The monoisotopic (exact) mass is 336 g/mol. The minimum atomic E-state index is -0.211. The molecular formula is C21H24N2O2. The van der Waals surface area contributed by atoms with Crippen LogP contribution in [0.5, 0.6) is 0 Å². The number of unbranched alkanes of at least 4 members (excludes halogenated alkanes) is 1. The summed E-state index contributed by atoms with van der Waals surface area (Å²) in [6, 6.07) is 18.1. The van der Waals surface area contributed by atoms with E-state index in [-0.39, 0.29) is 12.0 Å². The Kier molecular flexibility index (Phi) is 5.49. The number of amidine groups is 1. The minimum Gasteiger partial charge on any atom is -0.469 e. The number of ether oxygens (including phenoxy) is 1. The van der Waals surface area contributed by atoms with E-state index in [1.807, 2.05) is 36.4 Å². The Morgan fingerprint density at radius 1 is 1.12 bits per heavy atom. The minimum absolute atomic E-state index is 0.101. The lowest BCUT2D eigenvalue weighted by Crippen LogP contribution is -2.38. The first kappa shape index (κ1) is 17.2. The maximum absolute atomic E-state index is 12.1. The fourth-order valence-electron chi connectivity index (χ4n) is 3.25. The fraction of sp³-hybridized carbons (Fsp3) is 0.333. The van der Waals surface area contributed by atoms with Crippen LogP contribution < -0.4 is 4.90 Å². The lowest BCUT2D eigenvalue weighted by Gasteiger charge is -2.38. The summed E-state index contributed by atoms with van der Waals surface area (Å²) in [7, 11) is 1.44. The van der Waals surface area contributed by atoms with Crippen LogP contribution in [0.1, 0.15) is 44.2 Å². The summed E-state index contributed by atoms with van der Waals surface area (Å²) in [5, 5.41) is 0. The van der Waals surface area contributed by atoms with Gasteiger partial charge >= 0.3 is 5.97 Å². The Labute approximate surface area is 149 Å². The molecule has 2 aromatic carbocycles. The van der Waals surface area contributed by atoms with E-state index in [1.165, 1.54) is 7.11 Å². The van der Waals surface area contributed by atoms with E-state index in [1.54, 1.807) is 0 Å². The van der Waals surface area contributed by atoms with Crippen molar-refractivity contribution in [2.75, 3.05) is 12.0 Å². The molecule has 0 bridgehead atoms. The molecule has 1 atom stereocenters. The second-order valence-electron chi connectivity index (χ2n) is 6.19. The third-order valence-corrected chi connectivity index (χ3v) is 4.51. The zero-order valence-corrected chi connectivity index (χ0v) is 14.8. The number of esters is 1. The van der Waals surface area contributed by atoms with Crippen molar-refractivity contribution in [1.82, 2.24) is 0 Å². The van der Waals surface area contributed by atoms with E-state index in [2.05, 4.69) is 30.0 Å². The summed E-state index contributed by atoms with van der Waals surface area (Å²) in [5.74, 6) is 0.804. The van der Waals surface area contributed by atoms with E-state index in [0.717, 1.165) is 42.0 Å². The van der Waals surface area contributed by atoms with Gasteiger partial charge in [0.2, 0.25) is 0 Å². The van der Waals surface area contributed by atoms with Gasteiger partial charge in [-0.1, -0.05) is 49.7 Å². The first-order valence-electron chi connectivity index (χ1n) is 8.82. The average molecular weight is 336 g/mol. The molecule has 0 aliphatic carbocycles. The van der Waals surface area contributed by atoms with Gasteiger partial charge in [0.05, 0.1) is 25.3 Å². The summed E-state index contributed by atoms with van der Waals surface area (Å²) in [4.78, 5) is 19.2. The highest BCUT2D eigenvalue weighted by atomic mass is 16.5. The average Bonchev–Trinajstić information content (AvgIpc) is 2.66. The van der Waals surface area contributed by atoms with Crippen LogP contribution in [0.15, 0.2) is 59.6 Å². The van der Waals surface area contributed by atoms with Gasteiger partial charge in [0.25, 0.3) is 0 Å². The number of anilines is 1. The molecule has 25 heavy (non-hydrogen) atoms. The maximum Gasteiger partial charge on any atom is 0.307 e. The van der Waals surface area contributed by atoms with E-state index < -0.39 is 0 Å². The van der Waals surface area contributed by atoms with Crippen molar-refractivity contribution in [3.05, 3.63) is 60.2 Å². The van der Waals surface area contributed by atoms with Crippen LogP contribution in [0.25, 0.3) is 0 Å². The van der Waals surface area contributed by atoms with Crippen molar-refractivity contribution in [2.24, 2.45) is 4.99 Å². The molecule has 0 amide bonds. The van der Waals surface area contributed by atoms with Gasteiger partial charge in [-0.05, 0) is 24.6 Å². The zero-order chi connectivity index (χ0) is 17.6. The molecule has 2 aromatic rings. The Morgan fingerprint density at radius 3 is 2.56 bits per heavy atom. The number of fused-ring (bicyclic) bond motifs is 1. The molecule has 0 aromatic heterocycles. The molecule has 0 saturated heterocycles.